The highest BCUT2D eigenvalue weighted by molar-refractivity contribution is 6.47. The summed E-state index contributed by atoms with van der Waals surface area (Å²) in [6.45, 7) is 9.35. The van der Waals surface area contributed by atoms with E-state index in [1.165, 1.54) is 12.8 Å². The summed E-state index contributed by atoms with van der Waals surface area (Å²) in [5.41, 5.74) is 10.5. The van der Waals surface area contributed by atoms with E-state index in [0.717, 1.165) is 44.1 Å². The molecule has 2 saturated carbocycles. The predicted octanol–water partition coefficient (Wildman–Crippen LogP) is 6.53. The first-order valence-corrected chi connectivity index (χ1v) is 16.7. The Morgan fingerprint density at radius 1 is 1.07 bits per heavy atom. The van der Waals surface area contributed by atoms with Crippen molar-refractivity contribution in [3.05, 3.63) is 69.2 Å². The Morgan fingerprint density at radius 3 is 2.31 bits per heavy atom. The average Bonchev–Trinajstić information content (AvgIpc) is 3.40. The zero-order chi connectivity index (χ0) is 32.0. The van der Waals surface area contributed by atoms with Crippen LogP contribution in [0.3, 0.4) is 0 Å². The number of hydrazone groups is 1. The van der Waals surface area contributed by atoms with E-state index in [4.69, 9.17) is 28.2 Å². The number of benzene rings is 2. The molecular formula is C34H43Cl2N7O2. The monoisotopic (exact) mass is 651 g/mol. The van der Waals surface area contributed by atoms with Crippen molar-refractivity contribution >= 4 is 46.6 Å². The maximum Gasteiger partial charge on any atom is 0.275 e. The number of hydrogen-bond donors (Lipinski definition) is 4. The van der Waals surface area contributed by atoms with E-state index in [-0.39, 0.29) is 29.8 Å². The fraction of sp³-hybridized carbons (Fsp3) is 0.529. The van der Waals surface area contributed by atoms with Gasteiger partial charge in [-0.3, -0.25) is 20.0 Å². The van der Waals surface area contributed by atoms with Crippen LogP contribution in [0.4, 0.5) is 0 Å². The minimum absolute atomic E-state index is 0.0666. The molecule has 45 heavy (non-hydrogen) atoms. The van der Waals surface area contributed by atoms with Gasteiger partial charge in [0.1, 0.15) is 11.4 Å². The van der Waals surface area contributed by atoms with Crippen molar-refractivity contribution < 1.29 is 9.59 Å². The third-order valence-electron chi connectivity index (χ3n) is 10.0. The number of nitrogens with zero attached hydrogens (tertiary/aromatic N) is 3. The molecule has 0 radical (unpaired) electrons. The molecule has 6 rings (SSSR count). The van der Waals surface area contributed by atoms with E-state index < -0.39 is 5.66 Å². The van der Waals surface area contributed by atoms with E-state index in [1.54, 1.807) is 18.2 Å². The minimum atomic E-state index is -0.640. The Kier molecular flexibility index (Phi) is 8.65. The number of hydrogen-bond acceptors (Lipinski definition) is 7. The summed E-state index contributed by atoms with van der Waals surface area (Å²) in [5.74, 6) is 0.954. The molecule has 4 aliphatic rings. The van der Waals surface area contributed by atoms with E-state index in [1.807, 2.05) is 24.3 Å². The Balaban J connectivity index is 1.33. The fourth-order valence-electron chi connectivity index (χ4n) is 7.10. The average molecular weight is 653 g/mol. The largest absolute Gasteiger partial charge is 0.345 e. The molecule has 0 saturated heterocycles. The molecule has 2 amide bonds. The first-order chi connectivity index (χ1) is 21.4. The Hall–Kier alpha value is -3.14. The van der Waals surface area contributed by atoms with Crippen LogP contribution in [-0.4, -0.2) is 40.5 Å². The predicted molar refractivity (Wildman–Crippen MR) is 179 cm³/mol. The van der Waals surface area contributed by atoms with Crippen LogP contribution in [0.25, 0.3) is 0 Å². The molecule has 240 valence electrons. The maximum atomic E-state index is 14.6. The molecule has 0 bridgehead atoms. The molecular weight excluding hydrogens is 609 g/mol. The van der Waals surface area contributed by atoms with Gasteiger partial charge >= 0.3 is 0 Å². The van der Waals surface area contributed by atoms with Gasteiger partial charge in [-0.25, -0.2) is 5.53 Å². The van der Waals surface area contributed by atoms with Crippen molar-refractivity contribution in [2.75, 3.05) is 6.54 Å². The van der Waals surface area contributed by atoms with E-state index in [9.17, 15) is 9.59 Å². The molecule has 2 aliphatic carbocycles. The quantitative estimate of drug-likeness (QED) is 0.246. The van der Waals surface area contributed by atoms with Crippen LogP contribution in [0.15, 0.2) is 52.6 Å². The number of amidine groups is 1. The Morgan fingerprint density at radius 2 is 1.73 bits per heavy atom. The zero-order valence-electron chi connectivity index (χ0n) is 26.5. The number of halogens is 2. The third-order valence-corrected chi connectivity index (χ3v) is 10.5. The summed E-state index contributed by atoms with van der Waals surface area (Å²) in [6, 6.07) is 12.7. The first-order valence-electron chi connectivity index (χ1n) is 16.0. The van der Waals surface area contributed by atoms with Crippen LogP contribution in [-0.2, 0) is 4.79 Å². The highest BCUT2D eigenvalue weighted by Crippen LogP contribution is 2.58. The second kappa shape index (κ2) is 12.2. The van der Waals surface area contributed by atoms with Crippen molar-refractivity contribution in [3.8, 4) is 0 Å². The number of aliphatic imine (C=N–C) groups is 1. The highest BCUT2D eigenvalue weighted by Gasteiger charge is 2.55. The summed E-state index contributed by atoms with van der Waals surface area (Å²) in [4.78, 5) is 34.9. The molecule has 0 aromatic heterocycles. The van der Waals surface area contributed by atoms with Crippen LogP contribution in [0, 0.1) is 16.7 Å². The molecule has 1 atom stereocenters. The fourth-order valence-corrected chi connectivity index (χ4v) is 7.63. The van der Waals surface area contributed by atoms with E-state index in [2.05, 4.69) is 59.5 Å². The van der Waals surface area contributed by atoms with Crippen LogP contribution >= 0.6 is 23.2 Å². The van der Waals surface area contributed by atoms with Gasteiger partial charge in [0, 0.05) is 21.2 Å². The van der Waals surface area contributed by atoms with E-state index >= 15 is 0 Å². The lowest BCUT2D eigenvalue weighted by Crippen LogP contribution is -2.51. The minimum Gasteiger partial charge on any atom is -0.345 e. The van der Waals surface area contributed by atoms with Crippen molar-refractivity contribution in [2.24, 2.45) is 26.8 Å². The van der Waals surface area contributed by atoms with Gasteiger partial charge in [0.05, 0.1) is 12.6 Å². The summed E-state index contributed by atoms with van der Waals surface area (Å²) < 4.78 is 0. The lowest BCUT2D eigenvalue weighted by atomic mass is 9.73. The van der Waals surface area contributed by atoms with Crippen molar-refractivity contribution in [2.45, 2.75) is 90.8 Å². The molecule has 2 aliphatic heterocycles. The lowest BCUT2D eigenvalue weighted by molar-refractivity contribution is -0.133. The van der Waals surface area contributed by atoms with Gasteiger partial charge in [-0.1, -0.05) is 63.0 Å². The van der Waals surface area contributed by atoms with Crippen molar-refractivity contribution in [3.63, 3.8) is 0 Å². The number of hydrazine groups is 2. The zero-order valence-corrected chi connectivity index (χ0v) is 28.0. The molecule has 4 N–H and O–H groups in total. The smallest absolute Gasteiger partial charge is 0.275 e. The highest BCUT2D eigenvalue weighted by atomic mass is 35.5. The summed E-state index contributed by atoms with van der Waals surface area (Å²) in [7, 11) is 0. The molecule has 2 aromatic carbocycles. The van der Waals surface area contributed by atoms with Crippen LogP contribution in [0.1, 0.15) is 107 Å². The number of rotatable bonds is 9. The SMILES string of the molecule is CC(C)(C)CC[C@H](c1ccc(C(=O)NCC2=NNNN2)cc1)N1C(=O)C(c2cc(Cl)cc(Cl)c2)=NC12CCC(C1(C)CC1)CC2. The summed E-state index contributed by atoms with van der Waals surface area (Å²) >= 11 is 12.8. The molecule has 11 heteroatoms. The van der Waals surface area contributed by atoms with Crippen molar-refractivity contribution in [1.29, 1.82) is 0 Å². The van der Waals surface area contributed by atoms with Gasteiger partial charge in [-0.05, 0) is 104 Å². The van der Waals surface area contributed by atoms with Gasteiger partial charge < -0.3 is 10.2 Å². The van der Waals surface area contributed by atoms with Crippen LogP contribution in [0.2, 0.25) is 10.0 Å². The topological polar surface area (TPSA) is 110 Å². The van der Waals surface area contributed by atoms with Gasteiger partial charge in [-0.2, -0.15) is 0 Å². The summed E-state index contributed by atoms with van der Waals surface area (Å²) in [6.07, 6.45) is 8.00. The van der Waals surface area contributed by atoms with Crippen LogP contribution < -0.4 is 21.8 Å². The normalized spacial score (nSPS) is 24.5. The Labute approximate surface area is 275 Å². The number of amides is 2. The standard InChI is InChI=1S/C34H43Cl2N7O2/c1-32(2,3)12-11-27(21-5-7-22(8-6-21)30(44)37-20-28-39-41-42-40-28)43-31(45)29(23-17-25(35)19-26(36)18-23)38-34(43)13-9-24(10-14-34)33(4)15-16-33/h5-8,17-19,24,27,41-42H,9-16,20H2,1-4H3,(H,37,44)(H,39,40)/t24?,27-,34?/m1/s1. The summed E-state index contributed by atoms with van der Waals surface area (Å²) in [5, 5.41) is 7.84. The lowest BCUT2D eigenvalue weighted by Gasteiger charge is -2.46. The van der Waals surface area contributed by atoms with Gasteiger partial charge in [0.25, 0.3) is 11.8 Å². The molecule has 9 nitrogen and oxygen atoms in total. The van der Waals surface area contributed by atoms with E-state index in [0.29, 0.717) is 44.1 Å². The molecule has 2 fully saturated rings. The molecule has 2 heterocycles. The van der Waals surface area contributed by atoms with Gasteiger partial charge in [0.15, 0.2) is 5.84 Å². The van der Waals surface area contributed by atoms with Gasteiger partial charge in [-0.15, -0.1) is 10.6 Å². The van der Waals surface area contributed by atoms with Crippen LogP contribution in [0.5, 0.6) is 0 Å². The number of carbonyl (C=O) groups is 2. The second-order valence-electron chi connectivity index (χ2n) is 14.5. The first kappa shape index (κ1) is 31.8. The number of carbonyl (C=O) groups excluding carboxylic acids is 2. The third kappa shape index (κ3) is 6.86. The molecule has 2 aromatic rings. The second-order valence-corrected chi connectivity index (χ2v) is 15.4. The Bertz CT molecular complexity index is 1500. The molecule has 1 spiro atoms. The molecule has 0 unspecified atom stereocenters. The maximum absolute atomic E-state index is 14.6. The van der Waals surface area contributed by atoms with Crippen molar-refractivity contribution in [1.82, 2.24) is 26.7 Å². The number of nitrogens with one attached hydrogen (secondary N) is 4. The van der Waals surface area contributed by atoms with Gasteiger partial charge in [0.2, 0.25) is 0 Å².